The highest BCUT2D eigenvalue weighted by Gasteiger charge is 2.36. The number of barbiturate groups is 1. The summed E-state index contributed by atoms with van der Waals surface area (Å²) < 4.78 is 13.3. The first kappa shape index (κ1) is 23.4. The van der Waals surface area contributed by atoms with E-state index in [-0.39, 0.29) is 12.1 Å². The van der Waals surface area contributed by atoms with Crippen LogP contribution in [0.1, 0.15) is 10.4 Å². The smallest absolute Gasteiger partial charge is 0.331 e. The summed E-state index contributed by atoms with van der Waals surface area (Å²) in [6.07, 6.45) is 3.43. The molecule has 0 aliphatic carbocycles. The lowest BCUT2D eigenvalue weighted by Crippen LogP contribution is -2.53. The highest BCUT2D eigenvalue weighted by Crippen LogP contribution is 2.28. The van der Waals surface area contributed by atoms with Gasteiger partial charge in [-0.15, -0.1) is 11.3 Å². The fourth-order valence-corrected chi connectivity index (χ4v) is 4.81. The van der Waals surface area contributed by atoms with E-state index in [0.29, 0.717) is 30.2 Å². The first-order valence-electron chi connectivity index (χ1n) is 11.3. The molecule has 4 amide bonds. The minimum Gasteiger partial charge on any atom is -0.493 e. The number of rotatable bonds is 8. The topological polar surface area (TPSA) is 89.9 Å². The number of para-hydroxylation sites is 3. The van der Waals surface area contributed by atoms with Crippen molar-refractivity contribution < 1.29 is 23.9 Å². The monoisotopic (exact) mass is 501 g/mol. The van der Waals surface area contributed by atoms with E-state index in [2.05, 4.69) is 5.32 Å². The maximum Gasteiger partial charge on any atom is 0.331 e. The molecule has 1 aliphatic rings. The van der Waals surface area contributed by atoms with Crippen molar-refractivity contribution in [2.75, 3.05) is 13.7 Å². The Morgan fingerprint density at radius 1 is 0.972 bits per heavy atom. The molecule has 0 unspecified atom stereocenters. The third-order valence-corrected chi connectivity index (χ3v) is 6.72. The fraction of sp³-hybridized carbons (Fsp3) is 0.148. The van der Waals surface area contributed by atoms with Gasteiger partial charge in [0, 0.05) is 27.5 Å². The van der Waals surface area contributed by atoms with Gasteiger partial charge in [-0.3, -0.25) is 19.8 Å². The van der Waals surface area contributed by atoms with Crippen LogP contribution >= 0.6 is 11.3 Å². The van der Waals surface area contributed by atoms with Crippen molar-refractivity contribution in [3.8, 4) is 11.5 Å². The lowest BCUT2D eigenvalue weighted by molar-refractivity contribution is -0.130. The van der Waals surface area contributed by atoms with Crippen LogP contribution in [0, 0.1) is 0 Å². The molecule has 3 heterocycles. The maximum atomic E-state index is 13.2. The van der Waals surface area contributed by atoms with Gasteiger partial charge in [0.05, 0.1) is 20.2 Å². The molecule has 2 aromatic carbocycles. The summed E-state index contributed by atoms with van der Waals surface area (Å²) in [5.74, 6) is -0.0141. The Bertz CT molecular complexity index is 1470. The van der Waals surface area contributed by atoms with Crippen LogP contribution in [0.5, 0.6) is 11.5 Å². The van der Waals surface area contributed by atoms with Gasteiger partial charge >= 0.3 is 6.03 Å². The number of ether oxygens (including phenoxy) is 2. The van der Waals surface area contributed by atoms with Crippen molar-refractivity contribution in [2.24, 2.45) is 0 Å². The number of urea groups is 1. The van der Waals surface area contributed by atoms with E-state index in [0.717, 1.165) is 20.7 Å². The number of benzene rings is 2. The lowest BCUT2D eigenvalue weighted by atomic mass is 10.1. The number of hydrogen-bond donors (Lipinski definition) is 1. The fourth-order valence-electron chi connectivity index (χ4n) is 4.12. The van der Waals surface area contributed by atoms with E-state index in [9.17, 15) is 14.4 Å². The first-order chi connectivity index (χ1) is 17.5. The minimum absolute atomic E-state index is 0.0840. The number of amides is 4. The summed E-state index contributed by atoms with van der Waals surface area (Å²) >= 11 is 1.44. The first-order valence-corrected chi connectivity index (χ1v) is 12.2. The number of nitrogens with one attached hydrogen (secondary N) is 1. The number of carbonyl (C=O) groups excluding carboxylic acids is 3. The van der Waals surface area contributed by atoms with Crippen LogP contribution in [0.25, 0.3) is 17.0 Å². The Morgan fingerprint density at radius 2 is 1.75 bits per heavy atom. The average Bonchev–Trinajstić information content (AvgIpc) is 3.53. The predicted octanol–water partition coefficient (Wildman–Crippen LogP) is 4.45. The van der Waals surface area contributed by atoms with Gasteiger partial charge in [0.2, 0.25) is 0 Å². The molecule has 0 atom stereocenters. The summed E-state index contributed by atoms with van der Waals surface area (Å²) in [7, 11) is 1.60. The molecule has 2 aromatic heterocycles. The zero-order chi connectivity index (χ0) is 25.1. The number of carbonyl (C=O) groups is 3. The Balaban J connectivity index is 1.41. The third kappa shape index (κ3) is 4.60. The SMILES string of the molecule is COc1ccccc1OCCn1cc(/C=C2\C(=O)NC(=O)N(Cc3cccs3)C2=O)c2ccccc21. The largest absolute Gasteiger partial charge is 0.493 e. The molecule has 5 rings (SSSR count). The van der Waals surface area contributed by atoms with Gasteiger partial charge in [-0.25, -0.2) is 4.79 Å². The van der Waals surface area contributed by atoms with Gasteiger partial charge < -0.3 is 14.0 Å². The quantitative estimate of drug-likeness (QED) is 0.285. The van der Waals surface area contributed by atoms with Crippen molar-refractivity contribution >= 4 is 46.2 Å². The molecule has 0 radical (unpaired) electrons. The van der Waals surface area contributed by atoms with Gasteiger partial charge in [-0.2, -0.15) is 0 Å². The van der Waals surface area contributed by atoms with Crippen LogP contribution in [0.3, 0.4) is 0 Å². The van der Waals surface area contributed by atoms with Gasteiger partial charge in [0.25, 0.3) is 11.8 Å². The summed E-state index contributed by atoms with van der Waals surface area (Å²) in [4.78, 5) is 40.0. The summed E-state index contributed by atoms with van der Waals surface area (Å²) in [5, 5.41) is 5.04. The molecular formula is C27H23N3O5S. The third-order valence-electron chi connectivity index (χ3n) is 5.86. The van der Waals surface area contributed by atoms with E-state index >= 15 is 0 Å². The summed E-state index contributed by atoms with van der Waals surface area (Å²) in [6.45, 7) is 1.03. The zero-order valence-corrected chi connectivity index (χ0v) is 20.3. The molecule has 0 bridgehead atoms. The second-order valence-electron chi connectivity index (χ2n) is 8.08. The number of fused-ring (bicyclic) bond motifs is 1. The normalized spacial score (nSPS) is 15.0. The molecule has 9 heteroatoms. The van der Waals surface area contributed by atoms with Gasteiger partial charge in [-0.1, -0.05) is 36.4 Å². The van der Waals surface area contributed by atoms with Crippen molar-refractivity contribution in [2.45, 2.75) is 13.1 Å². The second-order valence-corrected chi connectivity index (χ2v) is 9.11. The number of imide groups is 2. The van der Waals surface area contributed by atoms with Crippen LogP contribution in [0.15, 0.2) is 77.8 Å². The Hall–Kier alpha value is -4.37. The van der Waals surface area contributed by atoms with Crippen molar-refractivity contribution in [1.29, 1.82) is 0 Å². The standard InChI is InChI=1S/C27H23N3O5S/c1-34-23-10-4-5-11-24(23)35-13-12-29-16-18(20-8-2-3-9-22(20)29)15-21-25(31)28-27(33)30(26(21)32)17-19-7-6-14-36-19/h2-11,14-16H,12-13,17H2,1H3,(H,28,31,33)/b21-15+. The molecule has 1 N–H and O–H groups in total. The van der Waals surface area contributed by atoms with E-state index in [1.165, 1.54) is 11.3 Å². The maximum absolute atomic E-state index is 13.2. The molecule has 182 valence electrons. The molecule has 0 spiro atoms. The van der Waals surface area contributed by atoms with Gasteiger partial charge in [-0.05, 0) is 35.7 Å². The van der Waals surface area contributed by atoms with E-state index in [1.54, 1.807) is 13.2 Å². The van der Waals surface area contributed by atoms with E-state index in [4.69, 9.17) is 9.47 Å². The Morgan fingerprint density at radius 3 is 2.53 bits per heavy atom. The number of nitrogens with zero attached hydrogens (tertiary/aromatic N) is 2. The second kappa shape index (κ2) is 10.1. The van der Waals surface area contributed by atoms with Crippen LogP contribution in [0.2, 0.25) is 0 Å². The molecule has 4 aromatic rings. The molecule has 36 heavy (non-hydrogen) atoms. The minimum atomic E-state index is -0.716. The molecule has 8 nitrogen and oxygen atoms in total. The van der Waals surface area contributed by atoms with Crippen molar-refractivity contribution in [3.05, 3.63) is 88.3 Å². The van der Waals surface area contributed by atoms with Crippen LogP contribution in [-0.4, -0.2) is 41.0 Å². The van der Waals surface area contributed by atoms with Crippen LogP contribution in [0.4, 0.5) is 4.79 Å². The molecule has 0 saturated carbocycles. The van der Waals surface area contributed by atoms with Gasteiger partial charge in [0.15, 0.2) is 11.5 Å². The van der Waals surface area contributed by atoms with E-state index in [1.807, 2.05) is 76.8 Å². The predicted molar refractivity (Wildman–Crippen MR) is 137 cm³/mol. The Labute approximate surface area is 211 Å². The molecule has 1 saturated heterocycles. The summed E-state index contributed by atoms with van der Waals surface area (Å²) in [6, 6.07) is 18.1. The van der Waals surface area contributed by atoms with E-state index < -0.39 is 17.8 Å². The van der Waals surface area contributed by atoms with Crippen LogP contribution in [-0.2, 0) is 22.7 Å². The zero-order valence-electron chi connectivity index (χ0n) is 19.5. The molecule has 1 fully saturated rings. The lowest BCUT2D eigenvalue weighted by Gasteiger charge is -2.25. The van der Waals surface area contributed by atoms with Crippen molar-refractivity contribution in [1.82, 2.24) is 14.8 Å². The number of methoxy groups -OCH3 is 1. The van der Waals surface area contributed by atoms with Crippen molar-refractivity contribution in [3.63, 3.8) is 0 Å². The van der Waals surface area contributed by atoms with Gasteiger partial charge in [0.1, 0.15) is 12.2 Å². The average molecular weight is 502 g/mol. The molecule has 1 aliphatic heterocycles. The summed E-state index contributed by atoms with van der Waals surface area (Å²) in [5.41, 5.74) is 1.55. The highest BCUT2D eigenvalue weighted by molar-refractivity contribution is 7.09. The molecular weight excluding hydrogens is 478 g/mol. The number of hydrogen-bond acceptors (Lipinski definition) is 6. The highest BCUT2D eigenvalue weighted by atomic mass is 32.1. The number of aromatic nitrogens is 1. The van der Waals surface area contributed by atoms with Crippen LogP contribution < -0.4 is 14.8 Å². The number of thiophene rings is 1. The Kier molecular flexibility index (Phi) is 6.55.